The number of carbonyl (C=O) groups excluding carboxylic acids is 1. The summed E-state index contributed by atoms with van der Waals surface area (Å²) in [5, 5.41) is 2.89. The number of pyridine rings is 1. The number of anilines is 1. The summed E-state index contributed by atoms with van der Waals surface area (Å²) in [6.07, 6.45) is -2.59. The van der Waals surface area contributed by atoms with Crippen molar-refractivity contribution >= 4 is 23.3 Å². The minimum Gasteiger partial charge on any atom is -0.351 e. The maximum absolute atomic E-state index is 12.7. The number of nitrogens with one attached hydrogen (secondary N) is 3. The van der Waals surface area contributed by atoms with Crippen LogP contribution in [0.1, 0.15) is 18.9 Å². The van der Waals surface area contributed by atoms with E-state index in [0.29, 0.717) is 32.0 Å². The van der Waals surface area contributed by atoms with Gasteiger partial charge in [-0.25, -0.2) is 9.88 Å². The van der Waals surface area contributed by atoms with Crippen LogP contribution in [0.5, 0.6) is 0 Å². The summed E-state index contributed by atoms with van der Waals surface area (Å²) in [7, 11) is 0. The Morgan fingerprint density at radius 2 is 2.08 bits per heavy atom. The van der Waals surface area contributed by atoms with Crippen LogP contribution in [0.4, 0.5) is 19.0 Å². The zero-order chi connectivity index (χ0) is 17.7. The van der Waals surface area contributed by atoms with Crippen LogP contribution in [0.25, 0.3) is 0 Å². The van der Waals surface area contributed by atoms with Gasteiger partial charge in [0, 0.05) is 6.54 Å². The van der Waals surface area contributed by atoms with Crippen molar-refractivity contribution in [3.8, 4) is 0 Å². The Morgan fingerprint density at radius 1 is 1.42 bits per heavy atom. The molecule has 3 N–H and O–H groups in total. The molecule has 1 aromatic heterocycles. The standard InChI is InChI=1S/C15H20ClF3N4O/c1-2-3-20-13(24)10-22-4-6-23(7-5-22)14-12(16)8-11(9-21-14)15(17,18)19/h8-9H,2-7,10H2,1H3,(H,20,24)/p+2. The largest absolute Gasteiger partial charge is 0.419 e. The molecule has 0 aromatic carbocycles. The Balaban J connectivity index is 1.91. The monoisotopic (exact) mass is 366 g/mol. The van der Waals surface area contributed by atoms with Gasteiger partial charge < -0.3 is 10.2 Å². The van der Waals surface area contributed by atoms with E-state index in [4.69, 9.17) is 11.6 Å². The lowest BCUT2D eigenvalue weighted by Gasteiger charge is -2.28. The number of rotatable bonds is 5. The number of alkyl halides is 3. The molecule has 0 atom stereocenters. The minimum atomic E-state index is -4.42. The van der Waals surface area contributed by atoms with Gasteiger partial charge in [-0.2, -0.15) is 13.2 Å². The molecule has 0 unspecified atom stereocenters. The average molecular weight is 367 g/mol. The van der Waals surface area contributed by atoms with E-state index < -0.39 is 11.7 Å². The number of aromatic amines is 1. The van der Waals surface area contributed by atoms with Crippen LogP contribution < -0.4 is 20.1 Å². The lowest BCUT2D eigenvalue weighted by atomic mass is 10.2. The van der Waals surface area contributed by atoms with Crippen molar-refractivity contribution in [1.82, 2.24) is 5.32 Å². The van der Waals surface area contributed by atoms with Crippen LogP contribution in [0.3, 0.4) is 0 Å². The van der Waals surface area contributed by atoms with Crippen LogP contribution in [0.2, 0.25) is 5.02 Å². The molecule has 0 radical (unpaired) electrons. The maximum Gasteiger partial charge on any atom is 0.419 e. The summed E-state index contributed by atoms with van der Waals surface area (Å²) in [4.78, 5) is 17.4. The molecule has 1 amide bonds. The fourth-order valence-electron chi connectivity index (χ4n) is 2.64. The number of H-pyrrole nitrogens is 1. The van der Waals surface area contributed by atoms with Crippen molar-refractivity contribution in [1.29, 1.82) is 0 Å². The van der Waals surface area contributed by atoms with Gasteiger partial charge in [0.05, 0.1) is 5.56 Å². The van der Waals surface area contributed by atoms with E-state index in [1.54, 1.807) is 0 Å². The molecule has 1 aliphatic heterocycles. The van der Waals surface area contributed by atoms with E-state index in [2.05, 4.69) is 10.3 Å². The summed E-state index contributed by atoms with van der Waals surface area (Å²) in [6, 6.07) is 0.935. The van der Waals surface area contributed by atoms with E-state index in [0.717, 1.165) is 36.7 Å². The summed E-state index contributed by atoms with van der Waals surface area (Å²) in [5.41, 5.74) is -0.798. The number of carbonyl (C=O) groups is 1. The Bertz CT molecular complexity index is 574. The summed E-state index contributed by atoms with van der Waals surface area (Å²) in [6.45, 7) is 5.79. The molecule has 1 fully saturated rings. The van der Waals surface area contributed by atoms with Gasteiger partial charge in [-0.05, 0) is 12.5 Å². The summed E-state index contributed by atoms with van der Waals surface area (Å²) in [5.74, 6) is 0.513. The van der Waals surface area contributed by atoms with Crippen LogP contribution >= 0.6 is 11.6 Å². The van der Waals surface area contributed by atoms with Crippen LogP contribution in [0.15, 0.2) is 12.3 Å². The number of amides is 1. The number of quaternary nitrogens is 1. The van der Waals surface area contributed by atoms with E-state index in [1.807, 2.05) is 11.8 Å². The molecular weight excluding hydrogens is 345 g/mol. The molecule has 0 aliphatic carbocycles. The van der Waals surface area contributed by atoms with Crippen LogP contribution in [0, 0.1) is 0 Å². The number of hydrogen-bond donors (Lipinski definition) is 2. The van der Waals surface area contributed by atoms with Crippen LogP contribution in [-0.4, -0.2) is 45.2 Å². The highest BCUT2D eigenvalue weighted by molar-refractivity contribution is 6.32. The summed E-state index contributed by atoms with van der Waals surface area (Å²) < 4.78 is 38.0. The Labute approximate surface area is 143 Å². The molecule has 1 aliphatic rings. The van der Waals surface area contributed by atoms with Crippen molar-refractivity contribution in [2.45, 2.75) is 19.5 Å². The molecule has 2 rings (SSSR count). The normalized spacial score (nSPS) is 16.3. The topological polar surface area (TPSA) is 50.9 Å². The molecule has 2 heterocycles. The SMILES string of the molecule is CCCNC(=O)C[NH+]1CCN(c2[nH+]cc(C(F)(F)F)cc2Cl)CC1. The first-order valence-corrected chi connectivity index (χ1v) is 8.32. The Hall–Kier alpha value is -1.54. The first-order valence-electron chi connectivity index (χ1n) is 7.95. The van der Waals surface area contributed by atoms with E-state index in [9.17, 15) is 18.0 Å². The average Bonchev–Trinajstić information content (AvgIpc) is 2.53. The van der Waals surface area contributed by atoms with Crippen molar-refractivity contribution in [3.63, 3.8) is 0 Å². The van der Waals surface area contributed by atoms with Gasteiger partial charge in [-0.3, -0.25) is 4.79 Å². The van der Waals surface area contributed by atoms with Crippen molar-refractivity contribution in [3.05, 3.63) is 22.8 Å². The lowest BCUT2D eigenvalue weighted by Crippen LogP contribution is -3.16. The highest BCUT2D eigenvalue weighted by Gasteiger charge is 2.35. The third-order valence-electron chi connectivity index (χ3n) is 3.97. The first-order chi connectivity index (χ1) is 11.3. The Morgan fingerprint density at radius 3 is 2.62 bits per heavy atom. The van der Waals surface area contributed by atoms with Crippen molar-refractivity contribution in [2.24, 2.45) is 0 Å². The smallest absolute Gasteiger partial charge is 0.351 e. The van der Waals surface area contributed by atoms with Crippen molar-refractivity contribution < 1.29 is 27.8 Å². The second-order valence-electron chi connectivity index (χ2n) is 5.85. The lowest BCUT2D eigenvalue weighted by molar-refractivity contribution is -0.892. The second kappa shape index (κ2) is 8.02. The van der Waals surface area contributed by atoms with Gasteiger partial charge in [-0.15, -0.1) is 0 Å². The van der Waals surface area contributed by atoms with Gasteiger partial charge in [-0.1, -0.05) is 18.5 Å². The fraction of sp³-hybridized carbons (Fsp3) is 0.600. The van der Waals surface area contributed by atoms with Gasteiger partial charge in [0.15, 0.2) is 6.54 Å². The van der Waals surface area contributed by atoms with Gasteiger partial charge in [0.2, 0.25) is 0 Å². The third kappa shape index (κ3) is 4.98. The molecule has 24 heavy (non-hydrogen) atoms. The molecule has 0 saturated carbocycles. The van der Waals surface area contributed by atoms with Gasteiger partial charge >= 0.3 is 6.18 Å². The quantitative estimate of drug-likeness (QED) is 0.793. The molecule has 0 spiro atoms. The summed E-state index contributed by atoms with van der Waals surface area (Å²) >= 11 is 6.00. The van der Waals surface area contributed by atoms with Gasteiger partial charge in [0.1, 0.15) is 37.4 Å². The maximum atomic E-state index is 12.7. The first kappa shape index (κ1) is 18.8. The molecule has 134 valence electrons. The second-order valence-corrected chi connectivity index (χ2v) is 6.25. The number of aromatic nitrogens is 1. The molecule has 1 saturated heterocycles. The number of hydrogen-bond acceptors (Lipinski definition) is 2. The van der Waals surface area contributed by atoms with E-state index >= 15 is 0 Å². The molecule has 0 bridgehead atoms. The number of halogens is 4. The zero-order valence-corrected chi connectivity index (χ0v) is 14.2. The number of nitrogens with zero attached hydrogens (tertiary/aromatic N) is 1. The highest BCUT2D eigenvalue weighted by atomic mass is 35.5. The molecular formula is C15H22ClF3N4O+2. The number of piperazine rings is 1. The van der Waals surface area contributed by atoms with Gasteiger partial charge in [0.25, 0.3) is 11.7 Å². The predicted molar refractivity (Wildman–Crippen MR) is 84.1 cm³/mol. The fourth-order valence-corrected chi connectivity index (χ4v) is 2.94. The third-order valence-corrected chi connectivity index (χ3v) is 4.26. The van der Waals surface area contributed by atoms with Crippen molar-refractivity contribution in [2.75, 3.05) is 44.2 Å². The van der Waals surface area contributed by atoms with E-state index in [-0.39, 0.29) is 10.9 Å². The minimum absolute atomic E-state index is 0.0272. The molecule has 1 aromatic rings. The van der Waals surface area contributed by atoms with E-state index in [1.165, 1.54) is 0 Å². The predicted octanol–water partition coefficient (Wildman–Crippen LogP) is 0.404. The zero-order valence-electron chi connectivity index (χ0n) is 13.5. The Kier molecular flexibility index (Phi) is 6.28. The highest BCUT2D eigenvalue weighted by Crippen LogP contribution is 2.31. The van der Waals surface area contributed by atoms with Crippen LogP contribution in [-0.2, 0) is 11.0 Å². The molecule has 5 nitrogen and oxygen atoms in total. The molecule has 9 heteroatoms.